The highest BCUT2D eigenvalue weighted by atomic mass is 16.5. The van der Waals surface area contributed by atoms with Crippen LogP contribution in [-0.4, -0.2) is 17.7 Å². The molecule has 3 nitrogen and oxygen atoms in total. The quantitative estimate of drug-likeness (QED) is 0.660. The Balaban J connectivity index is 0.000000321. The van der Waals surface area contributed by atoms with Crippen molar-refractivity contribution in [3.8, 4) is 0 Å². The molecule has 0 aliphatic carbocycles. The van der Waals surface area contributed by atoms with Crippen LogP contribution in [0.5, 0.6) is 0 Å². The Kier molecular flexibility index (Phi) is 8.58. The van der Waals surface area contributed by atoms with E-state index in [2.05, 4.69) is 6.58 Å². The van der Waals surface area contributed by atoms with Gasteiger partial charge >= 0.3 is 5.97 Å². The van der Waals surface area contributed by atoms with E-state index in [1.54, 1.807) is 6.92 Å². The number of carbonyl (C=O) groups is 1. The molecule has 1 aromatic carbocycles. The zero-order valence-corrected chi connectivity index (χ0v) is 11.4. The van der Waals surface area contributed by atoms with Crippen molar-refractivity contribution in [2.24, 2.45) is 0 Å². The smallest absolute Gasteiger partial charge is 0.333 e. The van der Waals surface area contributed by atoms with Gasteiger partial charge in [0, 0.05) is 5.57 Å². The van der Waals surface area contributed by atoms with Crippen molar-refractivity contribution < 1.29 is 14.6 Å². The van der Waals surface area contributed by atoms with Crippen LogP contribution < -0.4 is 0 Å². The molecule has 0 radical (unpaired) electrons. The predicted molar refractivity (Wildman–Crippen MR) is 73.2 cm³/mol. The Morgan fingerprint density at radius 3 is 2.50 bits per heavy atom. The molecular formula is C15H22O3. The van der Waals surface area contributed by atoms with Gasteiger partial charge < -0.3 is 9.84 Å². The molecule has 0 spiro atoms. The van der Waals surface area contributed by atoms with Crippen LogP contribution in [0, 0.1) is 6.92 Å². The molecule has 3 heteroatoms. The standard InChI is InChI=1S/C8H10O.C7H12O2/c1-7-3-2-4-8(5-7)6-9;1-4-5-9-7(8)6(2)3/h2-5,9H,6H2,1H3;2,4-5H2,1,3H3. The Morgan fingerprint density at radius 1 is 1.44 bits per heavy atom. The van der Waals surface area contributed by atoms with Gasteiger partial charge in [-0.1, -0.05) is 43.3 Å². The van der Waals surface area contributed by atoms with E-state index in [-0.39, 0.29) is 12.6 Å². The molecule has 0 fully saturated rings. The summed E-state index contributed by atoms with van der Waals surface area (Å²) in [6, 6.07) is 7.84. The number of ether oxygens (including phenoxy) is 1. The number of hydrogen-bond acceptors (Lipinski definition) is 3. The lowest BCUT2D eigenvalue weighted by molar-refractivity contribution is -0.138. The summed E-state index contributed by atoms with van der Waals surface area (Å²) in [5, 5.41) is 8.66. The van der Waals surface area contributed by atoms with Crippen LogP contribution in [0.1, 0.15) is 31.4 Å². The second kappa shape index (κ2) is 9.42. The minimum atomic E-state index is -0.295. The molecule has 1 N–H and O–H groups in total. The molecule has 0 aliphatic heterocycles. The molecule has 0 bridgehead atoms. The lowest BCUT2D eigenvalue weighted by atomic mass is 10.1. The number of hydrogen-bond donors (Lipinski definition) is 1. The maximum absolute atomic E-state index is 10.6. The second-order valence-corrected chi connectivity index (χ2v) is 4.06. The third-order valence-electron chi connectivity index (χ3n) is 2.05. The van der Waals surface area contributed by atoms with E-state index < -0.39 is 0 Å². The molecule has 0 saturated heterocycles. The van der Waals surface area contributed by atoms with E-state index in [0.29, 0.717) is 12.2 Å². The lowest BCUT2D eigenvalue weighted by Crippen LogP contribution is -2.04. The van der Waals surface area contributed by atoms with Gasteiger partial charge in [-0.3, -0.25) is 0 Å². The topological polar surface area (TPSA) is 46.5 Å². The Labute approximate surface area is 109 Å². The first-order valence-electron chi connectivity index (χ1n) is 6.00. The first kappa shape index (κ1) is 16.4. The van der Waals surface area contributed by atoms with Gasteiger partial charge in [-0.2, -0.15) is 0 Å². The van der Waals surface area contributed by atoms with Crippen LogP contribution in [0.2, 0.25) is 0 Å². The first-order valence-corrected chi connectivity index (χ1v) is 6.00. The average Bonchev–Trinajstić information content (AvgIpc) is 2.36. The van der Waals surface area contributed by atoms with E-state index >= 15 is 0 Å². The van der Waals surface area contributed by atoms with Crippen molar-refractivity contribution in [3.63, 3.8) is 0 Å². The SMILES string of the molecule is C=C(C)C(=O)OCCC.Cc1cccc(CO)c1. The number of aryl methyl sites for hydroxylation is 1. The van der Waals surface area contributed by atoms with Gasteiger partial charge in [0.2, 0.25) is 0 Å². The maximum Gasteiger partial charge on any atom is 0.333 e. The zero-order valence-electron chi connectivity index (χ0n) is 11.4. The van der Waals surface area contributed by atoms with Gasteiger partial charge in [-0.15, -0.1) is 0 Å². The molecule has 0 atom stereocenters. The Hall–Kier alpha value is -1.61. The van der Waals surface area contributed by atoms with Gasteiger partial charge in [0.05, 0.1) is 13.2 Å². The Morgan fingerprint density at radius 2 is 2.11 bits per heavy atom. The van der Waals surface area contributed by atoms with E-state index in [4.69, 9.17) is 9.84 Å². The van der Waals surface area contributed by atoms with Gasteiger partial charge in [-0.25, -0.2) is 4.79 Å². The van der Waals surface area contributed by atoms with Crippen LogP contribution in [0.15, 0.2) is 36.4 Å². The summed E-state index contributed by atoms with van der Waals surface area (Å²) in [5.74, 6) is -0.295. The second-order valence-electron chi connectivity index (χ2n) is 4.06. The molecule has 0 heterocycles. The van der Waals surface area contributed by atoms with Gasteiger partial charge in [0.1, 0.15) is 0 Å². The first-order chi connectivity index (χ1) is 8.51. The number of carbonyl (C=O) groups excluding carboxylic acids is 1. The number of esters is 1. The highest BCUT2D eigenvalue weighted by Crippen LogP contribution is 2.02. The van der Waals surface area contributed by atoms with Crippen molar-refractivity contribution in [1.82, 2.24) is 0 Å². The molecule has 0 aromatic heterocycles. The van der Waals surface area contributed by atoms with Gasteiger partial charge in [-0.05, 0) is 25.8 Å². The van der Waals surface area contributed by atoms with Crippen molar-refractivity contribution in [2.45, 2.75) is 33.8 Å². The van der Waals surface area contributed by atoms with Crippen molar-refractivity contribution >= 4 is 5.97 Å². The van der Waals surface area contributed by atoms with Crippen LogP contribution >= 0.6 is 0 Å². The maximum atomic E-state index is 10.6. The van der Waals surface area contributed by atoms with E-state index in [9.17, 15) is 4.79 Å². The summed E-state index contributed by atoms with van der Waals surface area (Å²) in [7, 11) is 0. The van der Waals surface area contributed by atoms with Crippen LogP contribution in [-0.2, 0) is 16.1 Å². The molecule has 100 valence electrons. The fourth-order valence-electron chi connectivity index (χ4n) is 1.13. The molecule has 18 heavy (non-hydrogen) atoms. The number of benzene rings is 1. The summed E-state index contributed by atoms with van der Waals surface area (Å²) in [6.07, 6.45) is 0.860. The fraction of sp³-hybridized carbons (Fsp3) is 0.400. The summed E-state index contributed by atoms with van der Waals surface area (Å²) in [6.45, 7) is 9.67. The van der Waals surface area contributed by atoms with Crippen molar-refractivity contribution in [2.75, 3.05) is 6.61 Å². The summed E-state index contributed by atoms with van der Waals surface area (Å²) in [5.41, 5.74) is 2.64. The van der Waals surface area contributed by atoms with Crippen molar-refractivity contribution in [1.29, 1.82) is 0 Å². The third kappa shape index (κ3) is 7.63. The van der Waals surface area contributed by atoms with Crippen molar-refractivity contribution in [3.05, 3.63) is 47.5 Å². The predicted octanol–water partition coefficient (Wildman–Crippen LogP) is 3.00. The largest absolute Gasteiger partial charge is 0.462 e. The van der Waals surface area contributed by atoms with Crippen LogP contribution in [0.4, 0.5) is 0 Å². The molecule has 0 unspecified atom stereocenters. The number of aliphatic hydroxyl groups excluding tert-OH is 1. The number of aliphatic hydroxyl groups is 1. The molecule has 1 aromatic rings. The zero-order chi connectivity index (χ0) is 14.0. The molecule has 0 aliphatic rings. The summed E-state index contributed by atoms with van der Waals surface area (Å²) < 4.78 is 4.71. The highest BCUT2D eigenvalue weighted by Gasteiger charge is 1.99. The van der Waals surface area contributed by atoms with E-state index in [1.807, 2.05) is 38.1 Å². The minimum Gasteiger partial charge on any atom is -0.462 e. The van der Waals surface area contributed by atoms with Crippen LogP contribution in [0.3, 0.4) is 0 Å². The van der Waals surface area contributed by atoms with E-state index in [1.165, 1.54) is 5.56 Å². The molecular weight excluding hydrogens is 228 g/mol. The Bertz CT molecular complexity index is 383. The fourth-order valence-corrected chi connectivity index (χ4v) is 1.13. The van der Waals surface area contributed by atoms with Crippen LogP contribution in [0.25, 0.3) is 0 Å². The average molecular weight is 250 g/mol. The third-order valence-corrected chi connectivity index (χ3v) is 2.05. The minimum absolute atomic E-state index is 0.141. The normalized spacial score (nSPS) is 9.11. The van der Waals surface area contributed by atoms with Gasteiger partial charge in [0.25, 0.3) is 0 Å². The molecule has 0 amide bonds. The highest BCUT2D eigenvalue weighted by molar-refractivity contribution is 5.86. The molecule has 0 saturated carbocycles. The summed E-state index contributed by atoms with van der Waals surface area (Å²) >= 11 is 0. The van der Waals surface area contributed by atoms with E-state index in [0.717, 1.165) is 12.0 Å². The summed E-state index contributed by atoms with van der Waals surface area (Å²) in [4.78, 5) is 10.6. The molecule has 1 rings (SSSR count). The lowest BCUT2D eigenvalue weighted by Gasteiger charge is -1.99. The van der Waals surface area contributed by atoms with Gasteiger partial charge in [0.15, 0.2) is 0 Å². The number of rotatable bonds is 4. The monoisotopic (exact) mass is 250 g/mol.